The van der Waals surface area contributed by atoms with Gasteiger partial charge < -0.3 is 5.11 Å². The summed E-state index contributed by atoms with van der Waals surface area (Å²) in [5.41, 5.74) is 0. The molecule has 7 heteroatoms. The van der Waals surface area contributed by atoms with Crippen LogP contribution in [0.4, 0.5) is 0 Å². The van der Waals surface area contributed by atoms with Crippen LogP contribution in [0.1, 0.15) is 0 Å². The van der Waals surface area contributed by atoms with E-state index in [0.29, 0.717) is 0 Å². The summed E-state index contributed by atoms with van der Waals surface area (Å²) >= 11 is 10.5. The third-order valence-electron chi connectivity index (χ3n) is 0.569. The molecule has 0 saturated carbocycles. The molecule has 1 aromatic rings. The summed E-state index contributed by atoms with van der Waals surface area (Å²) in [6, 6.07) is -0.472. The molecule has 0 aromatic carbocycles. The molecule has 1 rings (SSSR count). The number of halogens is 2. The Bertz CT molecular complexity index is 183. The molecule has 0 spiro atoms. The summed E-state index contributed by atoms with van der Waals surface area (Å²) in [7, 11) is 0. The van der Waals surface area contributed by atoms with E-state index in [4.69, 9.17) is 28.3 Å². The quantitative estimate of drug-likeness (QED) is 0.617. The van der Waals surface area contributed by atoms with E-state index in [9.17, 15) is 0 Å². The van der Waals surface area contributed by atoms with Gasteiger partial charge in [-0.2, -0.15) is 15.0 Å². The van der Waals surface area contributed by atoms with E-state index in [1.165, 1.54) is 0 Å². The molecule has 0 saturated heterocycles. The van der Waals surface area contributed by atoms with Crippen molar-refractivity contribution < 1.29 is 5.11 Å². The molecular formula is C3H2Cl2KN3O. The summed E-state index contributed by atoms with van der Waals surface area (Å²) in [6.07, 6.45) is 0. The number of hydrogen-bond donors (Lipinski definition) is 1. The van der Waals surface area contributed by atoms with E-state index >= 15 is 0 Å². The first-order valence-electron chi connectivity index (χ1n) is 1.94. The van der Waals surface area contributed by atoms with Crippen molar-refractivity contribution in [3.63, 3.8) is 0 Å². The molecule has 10 heavy (non-hydrogen) atoms. The third-order valence-corrected chi connectivity index (χ3v) is 0.907. The van der Waals surface area contributed by atoms with Crippen molar-refractivity contribution in [3.8, 4) is 6.01 Å². The van der Waals surface area contributed by atoms with Crippen LogP contribution in [0, 0.1) is 0 Å². The molecule has 0 radical (unpaired) electrons. The summed E-state index contributed by atoms with van der Waals surface area (Å²) < 4.78 is 0. The second kappa shape index (κ2) is 4.81. The van der Waals surface area contributed by atoms with E-state index < -0.39 is 6.01 Å². The summed E-state index contributed by atoms with van der Waals surface area (Å²) in [5.74, 6) is 0. The van der Waals surface area contributed by atoms with Crippen molar-refractivity contribution in [2.45, 2.75) is 0 Å². The van der Waals surface area contributed by atoms with Gasteiger partial charge in [0.15, 0.2) is 0 Å². The van der Waals surface area contributed by atoms with Crippen molar-refractivity contribution in [2.75, 3.05) is 0 Å². The van der Waals surface area contributed by atoms with Crippen LogP contribution in [0.15, 0.2) is 0 Å². The van der Waals surface area contributed by atoms with E-state index in [1.54, 1.807) is 0 Å². The standard InChI is InChI=1S/C3HCl2N3O.K.H/c4-1-6-2(5)8-3(9)7-1;;/h(H,6,7,8,9);;. The van der Waals surface area contributed by atoms with Crippen LogP contribution in [0.2, 0.25) is 10.6 Å². The first kappa shape index (κ1) is 11.0. The average molecular weight is 206 g/mol. The van der Waals surface area contributed by atoms with Crippen molar-refractivity contribution in [1.29, 1.82) is 0 Å². The molecule has 0 amide bonds. The number of aromatic nitrogens is 3. The van der Waals surface area contributed by atoms with Crippen LogP contribution in [-0.4, -0.2) is 71.4 Å². The zero-order chi connectivity index (χ0) is 6.85. The Morgan fingerprint density at radius 2 is 1.40 bits per heavy atom. The van der Waals surface area contributed by atoms with Gasteiger partial charge in [0.1, 0.15) is 0 Å². The van der Waals surface area contributed by atoms with Gasteiger partial charge in [-0.1, -0.05) is 0 Å². The first-order chi connectivity index (χ1) is 4.18. The van der Waals surface area contributed by atoms with Gasteiger partial charge in [0, 0.05) is 0 Å². The number of hydrogen-bond acceptors (Lipinski definition) is 4. The Morgan fingerprint density at radius 1 is 1.00 bits per heavy atom. The molecule has 0 unspecified atom stereocenters. The average Bonchev–Trinajstić information content (AvgIpc) is 1.59. The number of rotatable bonds is 0. The maximum atomic E-state index is 8.56. The molecule has 0 bridgehead atoms. The predicted molar refractivity (Wildman–Crippen MR) is 38.7 cm³/mol. The summed E-state index contributed by atoms with van der Waals surface area (Å²) in [5, 5.41) is 8.33. The van der Waals surface area contributed by atoms with Crippen molar-refractivity contribution in [2.24, 2.45) is 0 Å². The van der Waals surface area contributed by atoms with Gasteiger partial charge in [-0.3, -0.25) is 0 Å². The van der Waals surface area contributed by atoms with Gasteiger partial charge in [-0.05, 0) is 23.2 Å². The second-order valence-electron chi connectivity index (χ2n) is 1.17. The van der Waals surface area contributed by atoms with Gasteiger partial charge >= 0.3 is 57.4 Å². The Balaban J connectivity index is 0.000000810. The van der Waals surface area contributed by atoms with E-state index in [1.807, 2.05) is 0 Å². The van der Waals surface area contributed by atoms with E-state index in [-0.39, 0.29) is 62.0 Å². The fourth-order valence-electron chi connectivity index (χ4n) is 0.316. The van der Waals surface area contributed by atoms with Crippen LogP contribution in [0.3, 0.4) is 0 Å². The SMILES string of the molecule is Oc1nc(Cl)nc(Cl)n1.[KH]. The zero-order valence-electron chi connectivity index (χ0n) is 4.04. The molecule has 1 N–H and O–H groups in total. The zero-order valence-corrected chi connectivity index (χ0v) is 5.56. The number of nitrogens with zero attached hydrogens (tertiary/aromatic N) is 3. The van der Waals surface area contributed by atoms with E-state index in [2.05, 4.69) is 15.0 Å². The fourth-order valence-corrected chi connectivity index (χ4v) is 0.671. The molecule has 0 aliphatic carbocycles. The van der Waals surface area contributed by atoms with Crippen LogP contribution in [0.25, 0.3) is 0 Å². The Hall–Kier alpha value is 1.03. The topological polar surface area (TPSA) is 58.9 Å². The Morgan fingerprint density at radius 3 is 1.70 bits per heavy atom. The van der Waals surface area contributed by atoms with Crippen molar-refractivity contribution in [3.05, 3.63) is 10.6 Å². The van der Waals surface area contributed by atoms with Crippen LogP contribution in [0.5, 0.6) is 6.01 Å². The molecule has 0 fully saturated rings. The molecule has 1 aromatic heterocycles. The minimum atomic E-state index is -0.472. The second-order valence-corrected chi connectivity index (χ2v) is 1.85. The molecule has 0 aliphatic rings. The summed E-state index contributed by atoms with van der Waals surface area (Å²) in [4.78, 5) is 9.88. The summed E-state index contributed by atoms with van der Waals surface area (Å²) in [6.45, 7) is 0. The normalized spacial score (nSPS) is 8.60. The minimum absolute atomic E-state index is 0. The monoisotopic (exact) mass is 205 g/mol. The molecule has 0 aliphatic heterocycles. The Kier molecular flexibility index (Phi) is 5.31. The number of aromatic hydroxyl groups is 1. The van der Waals surface area contributed by atoms with Gasteiger partial charge in [-0.15, -0.1) is 0 Å². The Labute approximate surface area is 109 Å². The van der Waals surface area contributed by atoms with Crippen molar-refractivity contribution in [1.82, 2.24) is 15.0 Å². The molecular weight excluding hydrogens is 204 g/mol. The third kappa shape index (κ3) is 3.43. The fraction of sp³-hybridized carbons (Fsp3) is 0. The molecule has 50 valence electrons. The van der Waals surface area contributed by atoms with Crippen LogP contribution in [-0.2, 0) is 0 Å². The van der Waals surface area contributed by atoms with Gasteiger partial charge in [0.2, 0.25) is 10.6 Å². The van der Waals surface area contributed by atoms with Gasteiger partial charge in [0.05, 0.1) is 0 Å². The maximum absolute atomic E-state index is 8.56. The van der Waals surface area contributed by atoms with Crippen LogP contribution < -0.4 is 0 Å². The van der Waals surface area contributed by atoms with Gasteiger partial charge in [0.25, 0.3) is 0 Å². The molecule has 4 nitrogen and oxygen atoms in total. The predicted octanol–water partition coefficient (Wildman–Crippen LogP) is 0.235. The van der Waals surface area contributed by atoms with Gasteiger partial charge in [-0.25, -0.2) is 0 Å². The van der Waals surface area contributed by atoms with Crippen LogP contribution >= 0.6 is 23.2 Å². The van der Waals surface area contributed by atoms with Crippen molar-refractivity contribution >= 4 is 74.6 Å². The molecule has 0 atom stereocenters. The molecule has 1 heterocycles. The van der Waals surface area contributed by atoms with E-state index in [0.717, 1.165) is 0 Å². The first-order valence-corrected chi connectivity index (χ1v) is 2.70.